The Balaban J connectivity index is 1.96. The Labute approximate surface area is 206 Å². The zero-order valence-electron chi connectivity index (χ0n) is 19.1. The van der Waals surface area contributed by atoms with Gasteiger partial charge in [0.25, 0.3) is 11.7 Å². The van der Waals surface area contributed by atoms with Crippen LogP contribution < -0.4 is 19.1 Å². The van der Waals surface area contributed by atoms with Crippen LogP contribution in [0, 0.1) is 0 Å². The summed E-state index contributed by atoms with van der Waals surface area (Å²) < 4.78 is 15.8. The first-order valence-corrected chi connectivity index (χ1v) is 10.8. The molecule has 3 aromatic rings. The Morgan fingerprint density at radius 2 is 1.51 bits per heavy atom. The van der Waals surface area contributed by atoms with Gasteiger partial charge in [0.2, 0.25) is 0 Å². The molecule has 1 amide bonds. The molecule has 1 saturated heterocycles. The molecule has 3 aromatic carbocycles. The van der Waals surface area contributed by atoms with Crippen LogP contribution in [-0.4, -0.2) is 43.2 Å². The van der Waals surface area contributed by atoms with Crippen LogP contribution >= 0.6 is 11.6 Å². The number of carbonyl (C=O) groups excluding carboxylic acids is 2. The molecule has 8 nitrogen and oxygen atoms in total. The average molecular weight is 496 g/mol. The molecule has 180 valence electrons. The minimum Gasteiger partial charge on any atom is -0.508 e. The maximum absolute atomic E-state index is 13.3. The van der Waals surface area contributed by atoms with E-state index in [1.807, 2.05) is 0 Å². The number of hydrogen-bond acceptors (Lipinski definition) is 7. The number of phenolic OH excluding ortho intramolecular Hbond substituents is 1. The summed E-state index contributed by atoms with van der Waals surface area (Å²) in [6.45, 7) is 0. The van der Waals surface area contributed by atoms with Crippen molar-refractivity contribution in [1.82, 2.24) is 0 Å². The fraction of sp³-hybridized carbons (Fsp3) is 0.154. The van der Waals surface area contributed by atoms with Gasteiger partial charge in [0.05, 0.1) is 43.5 Å². The maximum Gasteiger partial charge on any atom is 0.300 e. The minimum absolute atomic E-state index is 0.0127. The second-order valence-corrected chi connectivity index (χ2v) is 8.05. The molecule has 1 atom stereocenters. The smallest absolute Gasteiger partial charge is 0.300 e. The van der Waals surface area contributed by atoms with Gasteiger partial charge in [-0.15, -0.1) is 0 Å². The van der Waals surface area contributed by atoms with Gasteiger partial charge in [0, 0.05) is 11.8 Å². The topological polar surface area (TPSA) is 106 Å². The zero-order chi connectivity index (χ0) is 25.3. The first-order chi connectivity index (χ1) is 16.8. The van der Waals surface area contributed by atoms with E-state index in [-0.39, 0.29) is 27.7 Å². The maximum atomic E-state index is 13.3. The van der Waals surface area contributed by atoms with E-state index in [0.29, 0.717) is 22.7 Å². The summed E-state index contributed by atoms with van der Waals surface area (Å²) in [7, 11) is 4.35. The molecule has 1 fully saturated rings. The Bertz CT molecular complexity index is 1320. The van der Waals surface area contributed by atoms with Crippen molar-refractivity contribution in [2.24, 2.45) is 0 Å². The van der Waals surface area contributed by atoms with Gasteiger partial charge in [-0.05, 0) is 48.0 Å². The lowest BCUT2D eigenvalue weighted by molar-refractivity contribution is -0.132. The Morgan fingerprint density at radius 1 is 0.886 bits per heavy atom. The number of aliphatic hydroxyl groups excluding tert-OH is 1. The van der Waals surface area contributed by atoms with Gasteiger partial charge in [-0.3, -0.25) is 14.5 Å². The summed E-state index contributed by atoms with van der Waals surface area (Å²) in [6.07, 6.45) is 0. The van der Waals surface area contributed by atoms with Crippen LogP contribution in [0.4, 0.5) is 5.69 Å². The number of amides is 1. The van der Waals surface area contributed by atoms with Crippen LogP contribution in [0.2, 0.25) is 5.02 Å². The number of benzene rings is 3. The van der Waals surface area contributed by atoms with E-state index >= 15 is 0 Å². The summed E-state index contributed by atoms with van der Waals surface area (Å²) >= 11 is 6.28. The molecule has 1 unspecified atom stereocenters. The number of aromatic hydroxyl groups is 1. The van der Waals surface area contributed by atoms with Crippen molar-refractivity contribution < 1.29 is 34.0 Å². The lowest BCUT2D eigenvalue weighted by atomic mass is 9.94. The lowest BCUT2D eigenvalue weighted by Crippen LogP contribution is -2.29. The molecule has 1 aliphatic heterocycles. The Hall–Kier alpha value is -4.17. The second kappa shape index (κ2) is 9.60. The van der Waals surface area contributed by atoms with Gasteiger partial charge >= 0.3 is 0 Å². The number of Topliss-reactive ketones (excluding diaryl/α,β-unsaturated/α-hetero) is 1. The quantitative estimate of drug-likeness (QED) is 0.290. The molecule has 35 heavy (non-hydrogen) atoms. The van der Waals surface area contributed by atoms with Crippen LogP contribution in [0.3, 0.4) is 0 Å². The Morgan fingerprint density at radius 3 is 2.09 bits per heavy atom. The van der Waals surface area contributed by atoms with Crippen molar-refractivity contribution in [3.8, 4) is 23.0 Å². The van der Waals surface area contributed by atoms with Crippen molar-refractivity contribution in [3.05, 3.63) is 82.4 Å². The fourth-order valence-corrected chi connectivity index (χ4v) is 4.24. The highest BCUT2D eigenvalue weighted by molar-refractivity contribution is 6.51. The number of rotatable bonds is 6. The molecule has 0 aromatic heterocycles. The second-order valence-electron chi connectivity index (χ2n) is 7.65. The van der Waals surface area contributed by atoms with Crippen LogP contribution in [0.1, 0.15) is 17.2 Å². The van der Waals surface area contributed by atoms with Crippen LogP contribution in [0.15, 0.2) is 66.2 Å². The molecule has 1 heterocycles. The first-order valence-electron chi connectivity index (χ1n) is 10.5. The molecule has 2 N–H and O–H groups in total. The van der Waals surface area contributed by atoms with Gasteiger partial charge < -0.3 is 24.4 Å². The molecule has 0 radical (unpaired) electrons. The number of halogens is 1. The highest BCUT2D eigenvalue weighted by Crippen LogP contribution is 2.45. The number of aliphatic hydroxyl groups is 1. The fourth-order valence-electron chi connectivity index (χ4n) is 4.00. The monoisotopic (exact) mass is 495 g/mol. The van der Waals surface area contributed by atoms with E-state index in [4.69, 9.17) is 25.8 Å². The summed E-state index contributed by atoms with van der Waals surface area (Å²) in [4.78, 5) is 27.8. The van der Waals surface area contributed by atoms with E-state index in [9.17, 15) is 19.8 Å². The van der Waals surface area contributed by atoms with Gasteiger partial charge in [0.15, 0.2) is 0 Å². The lowest BCUT2D eigenvalue weighted by Gasteiger charge is -2.25. The average Bonchev–Trinajstić information content (AvgIpc) is 3.14. The Kier molecular flexibility index (Phi) is 6.57. The molecule has 0 bridgehead atoms. The van der Waals surface area contributed by atoms with E-state index in [1.54, 1.807) is 36.4 Å². The van der Waals surface area contributed by atoms with E-state index in [0.717, 1.165) is 0 Å². The first kappa shape index (κ1) is 24.0. The molecule has 0 aliphatic carbocycles. The number of carbonyl (C=O) groups is 2. The number of phenols is 1. The van der Waals surface area contributed by atoms with Gasteiger partial charge in [-0.25, -0.2) is 0 Å². The molecule has 1 aliphatic rings. The molecule has 4 rings (SSSR count). The summed E-state index contributed by atoms with van der Waals surface area (Å²) in [6, 6.07) is 14.5. The van der Waals surface area contributed by atoms with Crippen molar-refractivity contribution in [2.75, 3.05) is 26.2 Å². The minimum atomic E-state index is -0.991. The summed E-state index contributed by atoms with van der Waals surface area (Å²) in [5.41, 5.74) is 0.883. The normalized spacial score (nSPS) is 16.9. The number of hydrogen-bond donors (Lipinski definition) is 2. The summed E-state index contributed by atoms with van der Waals surface area (Å²) in [5.74, 6) is -1.07. The van der Waals surface area contributed by atoms with Gasteiger partial charge in [-0.1, -0.05) is 23.7 Å². The van der Waals surface area contributed by atoms with E-state index < -0.39 is 23.5 Å². The van der Waals surface area contributed by atoms with Gasteiger partial charge in [0.1, 0.15) is 28.8 Å². The van der Waals surface area contributed by atoms with Crippen molar-refractivity contribution >= 4 is 34.7 Å². The van der Waals surface area contributed by atoms with Crippen molar-refractivity contribution in [3.63, 3.8) is 0 Å². The van der Waals surface area contributed by atoms with E-state index in [2.05, 4.69) is 0 Å². The summed E-state index contributed by atoms with van der Waals surface area (Å²) in [5, 5.41) is 21.3. The largest absolute Gasteiger partial charge is 0.508 e. The molecule has 9 heteroatoms. The third-order valence-electron chi connectivity index (χ3n) is 5.73. The highest BCUT2D eigenvalue weighted by atomic mass is 35.5. The van der Waals surface area contributed by atoms with Crippen LogP contribution in [0.25, 0.3) is 5.76 Å². The molecular formula is C26H22ClNO7. The molecule has 0 spiro atoms. The number of nitrogens with zero attached hydrogens (tertiary/aromatic N) is 1. The van der Waals surface area contributed by atoms with Crippen molar-refractivity contribution in [2.45, 2.75) is 6.04 Å². The highest BCUT2D eigenvalue weighted by Gasteiger charge is 2.47. The van der Waals surface area contributed by atoms with Crippen LogP contribution in [-0.2, 0) is 9.59 Å². The number of methoxy groups -OCH3 is 3. The number of ketones is 1. The predicted molar refractivity (Wildman–Crippen MR) is 130 cm³/mol. The standard InChI is InChI=1S/C26H22ClNO7/c1-33-17-10-6-15(7-11-17)28-23(14-4-8-16(29)9-5-14)22(25(31)26(28)32)24(30)18-12-19(27)21(35-3)13-20(18)34-2/h4-13,23,29-30H,1-3H3/b24-22+. The van der Waals surface area contributed by atoms with Crippen LogP contribution in [0.5, 0.6) is 23.0 Å². The van der Waals surface area contributed by atoms with Crippen molar-refractivity contribution in [1.29, 1.82) is 0 Å². The SMILES string of the molecule is COc1ccc(N2C(=O)C(=O)/C(=C(/O)c3cc(Cl)c(OC)cc3OC)C2c2ccc(O)cc2)cc1. The third kappa shape index (κ3) is 4.24. The third-order valence-corrected chi connectivity index (χ3v) is 6.03. The molecular weight excluding hydrogens is 474 g/mol. The number of ether oxygens (including phenoxy) is 3. The van der Waals surface area contributed by atoms with Gasteiger partial charge in [-0.2, -0.15) is 0 Å². The van der Waals surface area contributed by atoms with E-state index in [1.165, 1.54) is 50.5 Å². The number of anilines is 1. The predicted octanol–water partition coefficient (Wildman–Crippen LogP) is 4.70. The molecule has 0 saturated carbocycles. The zero-order valence-corrected chi connectivity index (χ0v) is 19.9.